The quantitative estimate of drug-likeness (QED) is 0.697. The van der Waals surface area contributed by atoms with Crippen molar-refractivity contribution in [3.63, 3.8) is 0 Å². The highest BCUT2D eigenvalue weighted by Gasteiger charge is 2.17. The van der Waals surface area contributed by atoms with E-state index in [0.29, 0.717) is 0 Å². The highest BCUT2D eigenvalue weighted by molar-refractivity contribution is 9.11. The number of halogens is 2. The number of hydrogen-bond acceptors (Lipinski definition) is 3. The second-order valence-corrected chi connectivity index (χ2v) is 6.47. The number of pyridine rings is 2. The smallest absolute Gasteiger partial charge is 0.0775 e. The molecule has 1 aromatic carbocycles. The zero-order chi connectivity index (χ0) is 14.8. The van der Waals surface area contributed by atoms with Crippen LogP contribution in [-0.4, -0.2) is 17.0 Å². The molecule has 0 aliphatic heterocycles. The summed E-state index contributed by atoms with van der Waals surface area (Å²) in [6.07, 6.45) is 3.71. The van der Waals surface area contributed by atoms with Crippen molar-refractivity contribution in [1.82, 2.24) is 15.3 Å². The lowest BCUT2D eigenvalue weighted by atomic mass is 10.0. The molecule has 106 valence electrons. The molecule has 0 bridgehead atoms. The van der Waals surface area contributed by atoms with E-state index in [1.807, 2.05) is 37.5 Å². The second kappa shape index (κ2) is 6.22. The van der Waals surface area contributed by atoms with E-state index in [9.17, 15) is 0 Å². The number of para-hydroxylation sites is 1. The van der Waals surface area contributed by atoms with Crippen LogP contribution >= 0.6 is 31.9 Å². The van der Waals surface area contributed by atoms with Gasteiger partial charge in [-0.1, -0.05) is 18.2 Å². The van der Waals surface area contributed by atoms with E-state index in [2.05, 4.69) is 59.3 Å². The first-order valence-electron chi connectivity index (χ1n) is 6.52. The number of hydrogen-bond donors (Lipinski definition) is 1. The van der Waals surface area contributed by atoms with Gasteiger partial charge in [-0.2, -0.15) is 0 Å². The Morgan fingerprint density at radius 3 is 2.62 bits per heavy atom. The van der Waals surface area contributed by atoms with Crippen LogP contribution < -0.4 is 5.32 Å². The molecule has 0 aliphatic carbocycles. The predicted molar refractivity (Wildman–Crippen MR) is 92.3 cm³/mol. The molecule has 0 aliphatic rings. The molecule has 2 aromatic heterocycles. The maximum Gasteiger partial charge on any atom is 0.0775 e. The average molecular weight is 407 g/mol. The Morgan fingerprint density at radius 2 is 1.86 bits per heavy atom. The summed E-state index contributed by atoms with van der Waals surface area (Å²) in [6.45, 7) is 0. The minimum Gasteiger partial charge on any atom is -0.308 e. The van der Waals surface area contributed by atoms with Crippen molar-refractivity contribution < 1.29 is 0 Å². The van der Waals surface area contributed by atoms with Crippen LogP contribution in [0, 0.1) is 0 Å². The van der Waals surface area contributed by atoms with Crippen LogP contribution in [0.1, 0.15) is 17.3 Å². The zero-order valence-electron chi connectivity index (χ0n) is 11.3. The third-order valence-corrected chi connectivity index (χ3v) is 4.41. The first kappa shape index (κ1) is 14.6. The third-order valence-electron chi connectivity index (χ3n) is 3.34. The largest absolute Gasteiger partial charge is 0.308 e. The summed E-state index contributed by atoms with van der Waals surface area (Å²) >= 11 is 7.01. The molecule has 5 heteroatoms. The zero-order valence-corrected chi connectivity index (χ0v) is 14.5. The van der Waals surface area contributed by atoms with E-state index in [-0.39, 0.29) is 6.04 Å². The van der Waals surface area contributed by atoms with Gasteiger partial charge in [-0.3, -0.25) is 9.97 Å². The third kappa shape index (κ3) is 3.00. The van der Waals surface area contributed by atoms with Crippen LogP contribution in [0.3, 0.4) is 0 Å². The highest BCUT2D eigenvalue weighted by Crippen LogP contribution is 2.29. The molecule has 3 nitrogen and oxygen atoms in total. The maximum absolute atomic E-state index is 4.53. The number of benzene rings is 1. The molecule has 21 heavy (non-hydrogen) atoms. The SMILES string of the molecule is CNC(c1cnc2ccccc2c1)c1ncc(Br)cc1Br. The predicted octanol–water partition coefficient (Wildman–Crippen LogP) is 4.46. The van der Waals surface area contributed by atoms with Crippen molar-refractivity contribution >= 4 is 42.8 Å². The Labute approximate surface area is 140 Å². The molecule has 0 spiro atoms. The molecule has 0 amide bonds. The topological polar surface area (TPSA) is 37.8 Å². The molecular formula is C16H13Br2N3. The van der Waals surface area contributed by atoms with Crippen LogP contribution in [0.4, 0.5) is 0 Å². The molecule has 0 fully saturated rings. The lowest BCUT2D eigenvalue weighted by Crippen LogP contribution is -2.19. The first-order valence-corrected chi connectivity index (χ1v) is 8.10. The summed E-state index contributed by atoms with van der Waals surface area (Å²) in [4.78, 5) is 9.05. The Bertz CT molecular complexity index is 789. The van der Waals surface area contributed by atoms with Gasteiger partial charge >= 0.3 is 0 Å². The van der Waals surface area contributed by atoms with E-state index < -0.39 is 0 Å². The van der Waals surface area contributed by atoms with Crippen molar-refractivity contribution in [1.29, 1.82) is 0 Å². The standard InChI is InChI=1S/C16H13Br2N3/c1-19-15(16-13(18)7-12(17)9-21-16)11-6-10-4-2-3-5-14(10)20-8-11/h2-9,15,19H,1H3. The molecule has 3 rings (SSSR count). The number of rotatable bonds is 3. The molecule has 2 heterocycles. The van der Waals surface area contributed by atoms with Gasteiger partial charge in [-0.15, -0.1) is 0 Å². The van der Waals surface area contributed by atoms with Crippen LogP contribution in [0.25, 0.3) is 10.9 Å². The fraction of sp³-hybridized carbons (Fsp3) is 0.125. The summed E-state index contributed by atoms with van der Waals surface area (Å²) in [5, 5.41) is 4.44. The van der Waals surface area contributed by atoms with Crippen LogP contribution in [-0.2, 0) is 0 Å². The molecule has 1 N–H and O–H groups in total. The van der Waals surface area contributed by atoms with Crippen molar-refractivity contribution in [3.8, 4) is 0 Å². The normalized spacial score (nSPS) is 12.5. The molecule has 3 aromatic rings. The Hall–Kier alpha value is -1.30. The van der Waals surface area contributed by atoms with E-state index in [1.54, 1.807) is 6.20 Å². The number of nitrogens with zero attached hydrogens (tertiary/aromatic N) is 2. The van der Waals surface area contributed by atoms with Crippen LogP contribution in [0.2, 0.25) is 0 Å². The molecule has 0 saturated carbocycles. The molecule has 0 saturated heterocycles. The van der Waals surface area contributed by atoms with Gasteiger partial charge in [-0.05, 0) is 62.7 Å². The minimum atomic E-state index is -0.00965. The molecule has 1 unspecified atom stereocenters. The maximum atomic E-state index is 4.53. The van der Waals surface area contributed by atoms with Gasteiger partial charge in [0.25, 0.3) is 0 Å². The van der Waals surface area contributed by atoms with Gasteiger partial charge < -0.3 is 5.32 Å². The fourth-order valence-electron chi connectivity index (χ4n) is 2.34. The van der Waals surface area contributed by atoms with Gasteiger partial charge in [0.1, 0.15) is 0 Å². The van der Waals surface area contributed by atoms with Crippen molar-refractivity contribution in [2.45, 2.75) is 6.04 Å². The lowest BCUT2D eigenvalue weighted by Gasteiger charge is -2.18. The van der Waals surface area contributed by atoms with Crippen molar-refractivity contribution in [2.24, 2.45) is 0 Å². The van der Waals surface area contributed by atoms with Crippen LogP contribution in [0.15, 0.2) is 57.7 Å². The van der Waals surface area contributed by atoms with Crippen molar-refractivity contribution in [3.05, 3.63) is 69.0 Å². The molecule has 0 radical (unpaired) electrons. The van der Waals surface area contributed by atoms with Gasteiger partial charge in [0.05, 0.1) is 17.3 Å². The van der Waals surface area contributed by atoms with E-state index in [0.717, 1.165) is 31.1 Å². The Morgan fingerprint density at radius 1 is 1.05 bits per heavy atom. The fourth-order valence-corrected chi connectivity index (χ4v) is 3.56. The number of nitrogens with one attached hydrogen (secondary N) is 1. The van der Waals surface area contributed by atoms with Crippen molar-refractivity contribution in [2.75, 3.05) is 7.05 Å². The van der Waals surface area contributed by atoms with E-state index in [4.69, 9.17) is 0 Å². The van der Waals surface area contributed by atoms with E-state index >= 15 is 0 Å². The van der Waals surface area contributed by atoms with Crippen LogP contribution in [0.5, 0.6) is 0 Å². The van der Waals surface area contributed by atoms with Gasteiger partial charge in [0, 0.05) is 26.7 Å². The van der Waals surface area contributed by atoms with Gasteiger partial charge in [0.2, 0.25) is 0 Å². The summed E-state index contributed by atoms with van der Waals surface area (Å²) in [5.41, 5.74) is 3.03. The highest BCUT2D eigenvalue weighted by atomic mass is 79.9. The summed E-state index contributed by atoms with van der Waals surface area (Å²) < 4.78 is 1.91. The average Bonchev–Trinajstić information content (AvgIpc) is 2.50. The monoisotopic (exact) mass is 405 g/mol. The first-order chi connectivity index (χ1) is 10.2. The van der Waals surface area contributed by atoms with Gasteiger partial charge in [-0.25, -0.2) is 0 Å². The molecule has 1 atom stereocenters. The summed E-state index contributed by atoms with van der Waals surface area (Å²) in [7, 11) is 1.93. The Balaban J connectivity index is 2.09. The number of aromatic nitrogens is 2. The second-order valence-electron chi connectivity index (χ2n) is 4.70. The summed E-state index contributed by atoms with van der Waals surface area (Å²) in [6, 6.07) is 12.3. The van der Waals surface area contributed by atoms with Gasteiger partial charge in [0.15, 0.2) is 0 Å². The molecular weight excluding hydrogens is 394 g/mol. The lowest BCUT2D eigenvalue weighted by molar-refractivity contribution is 0.665. The summed E-state index contributed by atoms with van der Waals surface area (Å²) in [5.74, 6) is 0. The minimum absolute atomic E-state index is 0.00965. The van der Waals surface area contributed by atoms with E-state index in [1.165, 1.54) is 0 Å². The number of fused-ring (bicyclic) bond motifs is 1. The Kier molecular flexibility index (Phi) is 4.33.